The summed E-state index contributed by atoms with van der Waals surface area (Å²) in [5.74, 6) is 0.109. The van der Waals surface area contributed by atoms with Crippen LogP contribution in [0.2, 0.25) is 0 Å². The lowest BCUT2D eigenvalue weighted by atomic mass is 10.3. The van der Waals surface area contributed by atoms with E-state index in [1.54, 1.807) is 13.2 Å². The first-order chi connectivity index (χ1) is 6.70. The third kappa shape index (κ3) is 2.05. The molecule has 1 heterocycles. The molecule has 0 aliphatic carbocycles. The van der Waals surface area contributed by atoms with Gasteiger partial charge in [-0.3, -0.25) is 0 Å². The van der Waals surface area contributed by atoms with Crippen molar-refractivity contribution in [2.75, 3.05) is 13.7 Å². The number of nitrogens with two attached hydrogens (primary N) is 1. The topological polar surface area (TPSA) is 72.8 Å². The number of aromatic nitrogens is 1. The van der Waals surface area contributed by atoms with E-state index in [1.807, 2.05) is 23.8 Å². The quantitative estimate of drug-likeness (QED) is 0.324. The van der Waals surface area contributed by atoms with Crippen LogP contribution in [0.3, 0.4) is 0 Å². The first-order valence-corrected chi connectivity index (χ1v) is 4.34. The predicted molar refractivity (Wildman–Crippen MR) is 53.5 cm³/mol. The Balaban J connectivity index is 2.92. The van der Waals surface area contributed by atoms with E-state index in [4.69, 9.17) is 15.7 Å². The summed E-state index contributed by atoms with van der Waals surface area (Å²) in [6.45, 7) is 2.58. The van der Waals surface area contributed by atoms with Crippen LogP contribution in [-0.4, -0.2) is 29.3 Å². The van der Waals surface area contributed by atoms with Gasteiger partial charge < -0.3 is 20.2 Å². The number of ether oxygens (including phenoxy) is 1. The molecule has 0 amide bonds. The number of oxime groups is 1. The first-order valence-electron chi connectivity index (χ1n) is 4.34. The van der Waals surface area contributed by atoms with Crippen molar-refractivity contribution >= 4 is 5.84 Å². The van der Waals surface area contributed by atoms with Crippen molar-refractivity contribution in [3.8, 4) is 0 Å². The molecule has 1 unspecified atom stereocenters. The summed E-state index contributed by atoms with van der Waals surface area (Å²) in [4.78, 5) is 0. The van der Waals surface area contributed by atoms with Gasteiger partial charge in [0.25, 0.3) is 0 Å². The normalized spacial score (nSPS) is 14.3. The summed E-state index contributed by atoms with van der Waals surface area (Å²) in [7, 11) is 1.64. The van der Waals surface area contributed by atoms with Gasteiger partial charge in [-0.25, -0.2) is 0 Å². The van der Waals surface area contributed by atoms with E-state index >= 15 is 0 Å². The third-order valence-electron chi connectivity index (χ3n) is 2.03. The zero-order valence-corrected chi connectivity index (χ0v) is 8.34. The Hall–Kier alpha value is -1.49. The zero-order valence-electron chi connectivity index (χ0n) is 8.34. The SMILES string of the molecule is COCC(C)n1cccc1/C(N)=N/O. The van der Waals surface area contributed by atoms with Crippen LogP contribution in [0, 0.1) is 0 Å². The molecule has 0 saturated carbocycles. The van der Waals surface area contributed by atoms with Crippen LogP contribution < -0.4 is 5.73 Å². The Kier molecular flexibility index (Phi) is 3.53. The Morgan fingerprint density at radius 2 is 2.50 bits per heavy atom. The van der Waals surface area contributed by atoms with Gasteiger partial charge in [0, 0.05) is 13.3 Å². The van der Waals surface area contributed by atoms with Crippen LogP contribution in [0.5, 0.6) is 0 Å². The lowest BCUT2D eigenvalue weighted by molar-refractivity contribution is 0.162. The third-order valence-corrected chi connectivity index (χ3v) is 2.03. The number of rotatable bonds is 4. The van der Waals surface area contributed by atoms with E-state index in [1.165, 1.54) is 0 Å². The van der Waals surface area contributed by atoms with Gasteiger partial charge in [-0.15, -0.1) is 0 Å². The van der Waals surface area contributed by atoms with Crippen molar-refractivity contribution < 1.29 is 9.94 Å². The van der Waals surface area contributed by atoms with Crippen molar-refractivity contribution in [1.82, 2.24) is 4.57 Å². The van der Waals surface area contributed by atoms with Crippen molar-refractivity contribution in [1.29, 1.82) is 0 Å². The van der Waals surface area contributed by atoms with Gasteiger partial charge in [0.15, 0.2) is 5.84 Å². The van der Waals surface area contributed by atoms with E-state index in [-0.39, 0.29) is 11.9 Å². The minimum Gasteiger partial charge on any atom is -0.409 e. The van der Waals surface area contributed by atoms with Crippen LogP contribution in [-0.2, 0) is 4.74 Å². The van der Waals surface area contributed by atoms with E-state index in [2.05, 4.69) is 5.16 Å². The van der Waals surface area contributed by atoms with Crippen LogP contribution >= 0.6 is 0 Å². The van der Waals surface area contributed by atoms with Gasteiger partial charge in [-0.2, -0.15) is 0 Å². The molecule has 78 valence electrons. The molecule has 1 atom stereocenters. The molecular formula is C9H15N3O2. The number of hydrogen-bond donors (Lipinski definition) is 2. The molecular weight excluding hydrogens is 182 g/mol. The number of hydrogen-bond acceptors (Lipinski definition) is 3. The number of amidine groups is 1. The van der Waals surface area contributed by atoms with Gasteiger partial charge in [0.2, 0.25) is 0 Å². The first kappa shape index (κ1) is 10.6. The minimum atomic E-state index is 0.109. The Labute approximate surface area is 82.8 Å². The number of methoxy groups -OCH3 is 1. The highest BCUT2D eigenvalue weighted by Gasteiger charge is 2.10. The summed E-state index contributed by atoms with van der Waals surface area (Å²) in [6, 6.07) is 3.80. The van der Waals surface area contributed by atoms with Gasteiger partial charge in [0.05, 0.1) is 18.3 Å². The molecule has 5 heteroatoms. The molecule has 0 saturated heterocycles. The lowest BCUT2D eigenvalue weighted by Gasteiger charge is -2.15. The molecule has 0 aliphatic heterocycles. The number of nitrogens with zero attached hydrogens (tertiary/aromatic N) is 2. The van der Waals surface area contributed by atoms with E-state index in [0.29, 0.717) is 12.3 Å². The maximum Gasteiger partial charge on any atom is 0.186 e. The fourth-order valence-electron chi connectivity index (χ4n) is 1.37. The van der Waals surface area contributed by atoms with E-state index in [9.17, 15) is 0 Å². The minimum absolute atomic E-state index is 0.109. The highest BCUT2D eigenvalue weighted by atomic mass is 16.5. The van der Waals surface area contributed by atoms with Crippen molar-refractivity contribution in [2.45, 2.75) is 13.0 Å². The van der Waals surface area contributed by atoms with Gasteiger partial charge in [0.1, 0.15) is 0 Å². The van der Waals surface area contributed by atoms with Gasteiger partial charge in [-0.1, -0.05) is 5.16 Å². The largest absolute Gasteiger partial charge is 0.409 e. The van der Waals surface area contributed by atoms with Crippen LogP contribution in [0.1, 0.15) is 18.7 Å². The summed E-state index contributed by atoms with van der Waals surface area (Å²) in [5.41, 5.74) is 6.20. The molecule has 0 spiro atoms. The highest BCUT2D eigenvalue weighted by Crippen LogP contribution is 2.11. The molecule has 0 bridgehead atoms. The van der Waals surface area contributed by atoms with Crippen LogP contribution in [0.15, 0.2) is 23.5 Å². The molecule has 1 aromatic heterocycles. The summed E-state index contributed by atoms with van der Waals surface area (Å²) < 4.78 is 6.93. The van der Waals surface area contributed by atoms with Crippen LogP contribution in [0.4, 0.5) is 0 Å². The van der Waals surface area contributed by atoms with E-state index in [0.717, 1.165) is 0 Å². The summed E-state index contributed by atoms with van der Waals surface area (Å²) >= 11 is 0. The average molecular weight is 197 g/mol. The zero-order chi connectivity index (χ0) is 10.6. The Morgan fingerprint density at radius 3 is 3.07 bits per heavy atom. The molecule has 0 fully saturated rings. The fourth-order valence-corrected chi connectivity index (χ4v) is 1.37. The maximum atomic E-state index is 8.56. The van der Waals surface area contributed by atoms with Gasteiger partial charge in [-0.05, 0) is 19.1 Å². The Bertz CT molecular complexity index is 320. The predicted octanol–water partition coefficient (Wildman–Crippen LogP) is 0.790. The standard InChI is InChI=1S/C9H15N3O2/c1-7(6-14-2)12-5-3-4-8(12)9(10)11-13/h3-5,7,13H,6H2,1-2H3,(H2,10,11). The van der Waals surface area contributed by atoms with Crippen molar-refractivity contribution in [3.63, 3.8) is 0 Å². The lowest BCUT2D eigenvalue weighted by Crippen LogP contribution is -2.21. The van der Waals surface area contributed by atoms with E-state index < -0.39 is 0 Å². The molecule has 0 aromatic carbocycles. The van der Waals surface area contributed by atoms with Crippen molar-refractivity contribution in [2.24, 2.45) is 10.9 Å². The molecule has 5 nitrogen and oxygen atoms in total. The monoisotopic (exact) mass is 197 g/mol. The van der Waals surface area contributed by atoms with Crippen molar-refractivity contribution in [3.05, 3.63) is 24.0 Å². The average Bonchev–Trinajstić information content (AvgIpc) is 2.65. The molecule has 3 N–H and O–H groups in total. The second-order valence-electron chi connectivity index (χ2n) is 3.09. The molecule has 0 radical (unpaired) electrons. The summed E-state index contributed by atoms with van der Waals surface area (Å²) in [6.07, 6.45) is 1.87. The van der Waals surface area contributed by atoms with Crippen LogP contribution in [0.25, 0.3) is 0 Å². The maximum absolute atomic E-state index is 8.56. The molecule has 14 heavy (non-hydrogen) atoms. The molecule has 0 aliphatic rings. The Morgan fingerprint density at radius 1 is 1.79 bits per heavy atom. The molecule has 1 aromatic rings. The molecule has 1 rings (SSSR count). The smallest absolute Gasteiger partial charge is 0.186 e. The fraction of sp³-hybridized carbons (Fsp3) is 0.444. The van der Waals surface area contributed by atoms with Gasteiger partial charge >= 0.3 is 0 Å². The summed E-state index contributed by atoms with van der Waals surface area (Å²) in [5, 5.41) is 11.5. The highest BCUT2D eigenvalue weighted by molar-refractivity contribution is 5.95. The second kappa shape index (κ2) is 4.66. The second-order valence-corrected chi connectivity index (χ2v) is 3.09.